The highest BCUT2D eigenvalue weighted by atomic mass is 32.2. The fraction of sp³-hybridized carbons (Fsp3) is 0.462. The quantitative estimate of drug-likeness (QED) is 0.776. The fourth-order valence-corrected chi connectivity index (χ4v) is 4.34. The number of piperazine rings is 1. The maximum Gasteiger partial charge on any atom is 0.244 e. The summed E-state index contributed by atoms with van der Waals surface area (Å²) in [6, 6.07) is 4.66. The van der Waals surface area contributed by atoms with Crippen molar-refractivity contribution in [1.82, 2.24) is 9.62 Å². The Kier molecular flexibility index (Phi) is 3.51. The van der Waals surface area contributed by atoms with Gasteiger partial charge < -0.3 is 11.1 Å². The highest BCUT2D eigenvalue weighted by molar-refractivity contribution is 7.89. The molecule has 0 unspecified atom stereocenters. The van der Waals surface area contributed by atoms with Gasteiger partial charge in [0.15, 0.2) is 0 Å². The first-order valence-corrected chi connectivity index (χ1v) is 7.78. The molecule has 1 aromatic carbocycles. The Bertz CT molecular complexity index is 653. The van der Waals surface area contributed by atoms with E-state index in [0.717, 1.165) is 0 Å². The van der Waals surface area contributed by atoms with E-state index < -0.39 is 15.6 Å². The number of hydrogen-bond donors (Lipinski definition) is 2. The van der Waals surface area contributed by atoms with Gasteiger partial charge in [0.25, 0.3) is 0 Å². The van der Waals surface area contributed by atoms with Crippen LogP contribution in [0.1, 0.15) is 19.4 Å². The average Bonchev–Trinajstić information content (AvgIpc) is 2.31. The summed E-state index contributed by atoms with van der Waals surface area (Å²) in [7, 11) is -3.73. The van der Waals surface area contributed by atoms with Crippen molar-refractivity contribution in [1.29, 1.82) is 0 Å². The van der Waals surface area contributed by atoms with Gasteiger partial charge in [-0.05, 0) is 44.5 Å². The second kappa shape index (κ2) is 4.75. The van der Waals surface area contributed by atoms with Crippen molar-refractivity contribution < 1.29 is 13.2 Å². The molecule has 0 aliphatic carbocycles. The summed E-state index contributed by atoms with van der Waals surface area (Å²) < 4.78 is 26.8. The number of amides is 1. The van der Waals surface area contributed by atoms with Gasteiger partial charge in [0.05, 0.1) is 4.90 Å². The number of nitrogens with two attached hydrogens (primary N) is 1. The Balaban J connectivity index is 2.52. The molecule has 3 N–H and O–H groups in total. The molecular formula is C13H19N3O3S. The molecule has 1 aliphatic heterocycles. The maximum atomic E-state index is 12.8. The number of rotatable bonds is 2. The molecule has 1 aromatic rings. The van der Waals surface area contributed by atoms with Gasteiger partial charge in [-0.15, -0.1) is 0 Å². The summed E-state index contributed by atoms with van der Waals surface area (Å²) in [4.78, 5) is 12.1. The van der Waals surface area contributed by atoms with Crippen LogP contribution in [0.3, 0.4) is 0 Å². The van der Waals surface area contributed by atoms with Crippen LogP contribution in [-0.2, 0) is 14.8 Å². The van der Waals surface area contributed by atoms with Gasteiger partial charge in [0.2, 0.25) is 15.9 Å². The van der Waals surface area contributed by atoms with Crippen LogP contribution in [0.15, 0.2) is 23.1 Å². The minimum absolute atomic E-state index is 0.189. The van der Waals surface area contributed by atoms with E-state index in [1.165, 1.54) is 10.4 Å². The number of hydrogen-bond acceptors (Lipinski definition) is 4. The van der Waals surface area contributed by atoms with Crippen molar-refractivity contribution in [2.24, 2.45) is 0 Å². The largest absolute Gasteiger partial charge is 0.399 e. The number of carbonyl (C=O) groups excluding carboxylic acids is 1. The predicted octanol–water partition coefficient (Wildman–Crippen LogP) is 0.476. The van der Waals surface area contributed by atoms with Crippen LogP contribution in [0.4, 0.5) is 5.69 Å². The minimum Gasteiger partial charge on any atom is -0.399 e. The second-order valence-corrected chi connectivity index (χ2v) is 7.25. The second-order valence-electron chi connectivity index (χ2n) is 5.42. The van der Waals surface area contributed by atoms with E-state index in [2.05, 4.69) is 5.32 Å². The number of aryl methyl sites for hydroxylation is 1. The van der Waals surface area contributed by atoms with Crippen LogP contribution in [-0.4, -0.2) is 37.3 Å². The monoisotopic (exact) mass is 297 g/mol. The van der Waals surface area contributed by atoms with E-state index in [0.29, 0.717) is 17.8 Å². The molecule has 7 heteroatoms. The molecule has 6 nitrogen and oxygen atoms in total. The molecule has 1 aliphatic rings. The third kappa shape index (κ3) is 2.27. The first kappa shape index (κ1) is 14.8. The van der Waals surface area contributed by atoms with Crippen LogP contribution in [0.2, 0.25) is 0 Å². The summed E-state index contributed by atoms with van der Waals surface area (Å²) in [6.07, 6.45) is 0. The number of carbonyl (C=O) groups is 1. The lowest BCUT2D eigenvalue weighted by molar-refractivity contribution is -0.131. The van der Waals surface area contributed by atoms with Crippen molar-refractivity contribution in [3.8, 4) is 0 Å². The molecule has 1 heterocycles. The van der Waals surface area contributed by atoms with Gasteiger partial charge in [-0.3, -0.25) is 4.79 Å². The zero-order valence-electron chi connectivity index (χ0n) is 11.8. The van der Waals surface area contributed by atoms with Crippen LogP contribution in [0, 0.1) is 6.92 Å². The van der Waals surface area contributed by atoms with Gasteiger partial charge in [-0.2, -0.15) is 4.31 Å². The van der Waals surface area contributed by atoms with Gasteiger partial charge in [0, 0.05) is 18.8 Å². The van der Waals surface area contributed by atoms with Crippen molar-refractivity contribution >= 4 is 21.6 Å². The van der Waals surface area contributed by atoms with E-state index in [-0.39, 0.29) is 17.3 Å². The summed E-state index contributed by atoms with van der Waals surface area (Å²) >= 11 is 0. The minimum atomic E-state index is -3.73. The van der Waals surface area contributed by atoms with E-state index in [1.807, 2.05) is 0 Å². The molecule has 0 spiro atoms. The van der Waals surface area contributed by atoms with Gasteiger partial charge in [-0.1, -0.05) is 0 Å². The molecule has 0 saturated carbocycles. The first-order valence-electron chi connectivity index (χ1n) is 6.34. The Morgan fingerprint density at radius 2 is 2.00 bits per heavy atom. The van der Waals surface area contributed by atoms with Crippen LogP contribution in [0.25, 0.3) is 0 Å². The highest BCUT2D eigenvalue weighted by Crippen LogP contribution is 2.29. The first-order chi connectivity index (χ1) is 9.17. The number of anilines is 1. The normalized spacial score (nSPS) is 19.6. The smallest absolute Gasteiger partial charge is 0.244 e. The molecule has 1 amide bonds. The van der Waals surface area contributed by atoms with Crippen molar-refractivity contribution in [2.75, 3.05) is 18.8 Å². The van der Waals surface area contributed by atoms with E-state index >= 15 is 0 Å². The number of nitrogen functional groups attached to an aromatic ring is 1. The lowest BCUT2D eigenvalue weighted by Crippen LogP contribution is -2.63. The SMILES string of the molecule is Cc1cc(N)ccc1S(=O)(=O)N1CCNC(=O)C1(C)C. The van der Waals surface area contributed by atoms with Crippen LogP contribution in [0.5, 0.6) is 0 Å². The molecule has 1 fully saturated rings. The summed E-state index contributed by atoms with van der Waals surface area (Å²) in [5.74, 6) is -0.291. The van der Waals surface area contributed by atoms with Crippen LogP contribution < -0.4 is 11.1 Å². The van der Waals surface area contributed by atoms with Gasteiger partial charge in [-0.25, -0.2) is 8.42 Å². The van der Waals surface area contributed by atoms with Crippen molar-refractivity contribution in [3.05, 3.63) is 23.8 Å². The molecule has 0 atom stereocenters. The third-order valence-corrected chi connectivity index (χ3v) is 5.78. The van der Waals surface area contributed by atoms with E-state index in [4.69, 9.17) is 5.73 Å². The topological polar surface area (TPSA) is 92.5 Å². The molecular weight excluding hydrogens is 278 g/mol. The lowest BCUT2D eigenvalue weighted by atomic mass is 10.0. The van der Waals surface area contributed by atoms with Crippen LogP contribution >= 0.6 is 0 Å². The fourth-order valence-electron chi connectivity index (χ4n) is 2.38. The predicted molar refractivity (Wildman–Crippen MR) is 76.6 cm³/mol. The average molecular weight is 297 g/mol. The molecule has 20 heavy (non-hydrogen) atoms. The zero-order valence-corrected chi connectivity index (χ0v) is 12.6. The molecule has 0 radical (unpaired) electrons. The van der Waals surface area contributed by atoms with E-state index in [1.54, 1.807) is 32.9 Å². The molecule has 0 bridgehead atoms. The standard InChI is InChI=1S/C13H19N3O3S/c1-9-8-10(14)4-5-11(9)20(18,19)16-7-6-15-12(17)13(16,2)3/h4-5,8H,6-7,14H2,1-3H3,(H,15,17). The van der Waals surface area contributed by atoms with Crippen molar-refractivity contribution in [3.63, 3.8) is 0 Å². The molecule has 1 saturated heterocycles. The third-order valence-electron chi connectivity index (χ3n) is 3.55. The maximum absolute atomic E-state index is 12.8. The summed E-state index contributed by atoms with van der Waals surface area (Å²) in [5.41, 5.74) is 5.63. The Labute approximate surface area is 119 Å². The number of nitrogens with zero attached hydrogens (tertiary/aromatic N) is 1. The van der Waals surface area contributed by atoms with Gasteiger partial charge >= 0.3 is 0 Å². The number of sulfonamides is 1. The zero-order chi connectivity index (χ0) is 15.1. The Morgan fingerprint density at radius 3 is 2.60 bits per heavy atom. The molecule has 110 valence electrons. The lowest BCUT2D eigenvalue weighted by Gasteiger charge is -2.40. The van der Waals surface area contributed by atoms with Gasteiger partial charge in [0.1, 0.15) is 5.54 Å². The highest BCUT2D eigenvalue weighted by Gasteiger charge is 2.45. The Hall–Kier alpha value is -1.60. The Morgan fingerprint density at radius 1 is 1.35 bits per heavy atom. The number of nitrogens with one attached hydrogen (secondary N) is 1. The number of benzene rings is 1. The molecule has 0 aromatic heterocycles. The summed E-state index contributed by atoms with van der Waals surface area (Å²) in [6.45, 7) is 5.47. The van der Waals surface area contributed by atoms with E-state index in [9.17, 15) is 13.2 Å². The summed E-state index contributed by atoms with van der Waals surface area (Å²) in [5, 5.41) is 2.68. The molecule has 2 rings (SSSR count). The van der Waals surface area contributed by atoms with Crippen molar-refractivity contribution in [2.45, 2.75) is 31.2 Å².